The van der Waals surface area contributed by atoms with Gasteiger partial charge < -0.3 is 10.1 Å². The van der Waals surface area contributed by atoms with Crippen LogP contribution in [0, 0.1) is 12.7 Å². The quantitative estimate of drug-likeness (QED) is 0.881. The lowest BCUT2D eigenvalue weighted by Gasteiger charge is -2.25. The van der Waals surface area contributed by atoms with E-state index in [4.69, 9.17) is 4.74 Å². The van der Waals surface area contributed by atoms with E-state index in [1.54, 1.807) is 24.3 Å². The molecule has 1 unspecified atom stereocenters. The molecule has 24 heavy (non-hydrogen) atoms. The predicted octanol–water partition coefficient (Wildman–Crippen LogP) is 1.81. The van der Waals surface area contributed by atoms with E-state index in [0.29, 0.717) is 11.4 Å². The molecule has 0 radical (unpaired) electrons. The summed E-state index contributed by atoms with van der Waals surface area (Å²) in [6, 6.07) is 10.3. The van der Waals surface area contributed by atoms with Crippen LogP contribution in [0.2, 0.25) is 0 Å². The lowest BCUT2D eigenvalue weighted by atomic mass is 10.2. The van der Waals surface area contributed by atoms with E-state index < -0.39 is 27.9 Å². The molecule has 0 aromatic heterocycles. The van der Waals surface area contributed by atoms with Crippen molar-refractivity contribution in [2.75, 3.05) is 11.9 Å². The molecule has 8 heteroatoms. The molecule has 126 valence electrons. The zero-order valence-corrected chi connectivity index (χ0v) is 13.6. The molecule has 0 fully saturated rings. The van der Waals surface area contributed by atoms with Crippen molar-refractivity contribution in [2.24, 2.45) is 0 Å². The van der Waals surface area contributed by atoms with E-state index in [-0.39, 0.29) is 17.0 Å². The first kappa shape index (κ1) is 16.4. The van der Waals surface area contributed by atoms with Crippen molar-refractivity contribution in [3.8, 4) is 5.75 Å². The number of carbonyl (C=O) groups is 1. The Bertz CT molecular complexity index is 899. The maximum atomic E-state index is 13.1. The highest BCUT2D eigenvalue weighted by atomic mass is 32.2. The fourth-order valence-corrected chi connectivity index (χ4v) is 3.66. The predicted molar refractivity (Wildman–Crippen MR) is 85.8 cm³/mol. The third kappa shape index (κ3) is 3.24. The van der Waals surface area contributed by atoms with Gasteiger partial charge in [0, 0.05) is 0 Å². The van der Waals surface area contributed by atoms with Gasteiger partial charge in [-0.15, -0.1) is 0 Å². The van der Waals surface area contributed by atoms with Crippen LogP contribution in [0.1, 0.15) is 5.56 Å². The molecule has 2 aromatic rings. The summed E-state index contributed by atoms with van der Waals surface area (Å²) in [5, 5.41) is 2.66. The number of halogens is 1. The molecule has 1 aliphatic heterocycles. The van der Waals surface area contributed by atoms with Crippen molar-refractivity contribution in [3.05, 3.63) is 53.8 Å². The number of para-hydroxylation sites is 2. The second kappa shape index (κ2) is 6.21. The molecule has 0 aliphatic carbocycles. The van der Waals surface area contributed by atoms with Crippen LogP contribution < -0.4 is 14.8 Å². The van der Waals surface area contributed by atoms with E-state index >= 15 is 0 Å². The van der Waals surface area contributed by atoms with Gasteiger partial charge in [0.25, 0.3) is 5.91 Å². The number of fused-ring (bicyclic) bond motifs is 1. The Morgan fingerprint density at radius 1 is 1.25 bits per heavy atom. The Kier molecular flexibility index (Phi) is 4.25. The standard InChI is InChI=1S/C16H15FN2O4S/c1-10-8-11(17)6-7-15(10)24(21,22)18-9-14-16(20)19-12-4-2-3-5-13(12)23-14/h2-8,14,18H,9H2,1H3,(H,19,20). The number of carbonyl (C=O) groups excluding carboxylic acids is 1. The minimum absolute atomic E-state index is 0.0412. The monoisotopic (exact) mass is 350 g/mol. The lowest BCUT2D eigenvalue weighted by Crippen LogP contribution is -2.45. The number of hydrogen-bond donors (Lipinski definition) is 2. The van der Waals surface area contributed by atoms with E-state index in [0.717, 1.165) is 12.1 Å². The minimum atomic E-state index is -3.88. The molecule has 1 amide bonds. The van der Waals surface area contributed by atoms with Gasteiger partial charge in [-0.2, -0.15) is 0 Å². The largest absolute Gasteiger partial charge is 0.477 e. The lowest BCUT2D eigenvalue weighted by molar-refractivity contribution is -0.123. The topological polar surface area (TPSA) is 84.5 Å². The van der Waals surface area contributed by atoms with Crippen molar-refractivity contribution < 1.29 is 22.3 Å². The zero-order chi connectivity index (χ0) is 17.3. The molecule has 0 saturated carbocycles. The number of benzene rings is 2. The summed E-state index contributed by atoms with van der Waals surface area (Å²) in [6.45, 7) is 1.26. The normalized spacial score (nSPS) is 16.9. The Morgan fingerprint density at radius 2 is 2.00 bits per heavy atom. The first-order chi connectivity index (χ1) is 11.4. The fraction of sp³-hybridized carbons (Fsp3) is 0.188. The van der Waals surface area contributed by atoms with Gasteiger partial charge in [-0.3, -0.25) is 4.79 Å². The van der Waals surface area contributed by atoms with Crippen molar-refractivity contribution in [1.82, 2.24) is 4.72 Å². The third-order valence-electron chi connectivity index (χ3n) is 3.59. The smallest absolute Gasteiger partial charge is 0.266 e. The van der Waals surface area contributed by atoms with Gasteiger partial charge in [-0.25, -0.2) is 17.5 Å². The summed E-state index contributed by atoms with van der Waals surface area (Å²) in [6.07, 6.45) is -0.990. The molecular weight excluding hydrogens is 335 g/mol. The first-order valence-corrected chi connectivity index (χ1v) is 8.67. The fourth-order valence-electron chi connectivity index (χ4n) is 2.40. The van der Waals surface area contributed by atoms with Gasteiger partial charge in [0.2, 0.25) is 10.0 Å². The van der Waals surface area contributed by atoms with Gasteiger partial charge in [-0.05, 0) is 42.8 Å². The molecule has 1 atom stereocenters. The summed E-state index contributed by atoms with van der Waals surface area (Å²) in [5.74, 6) is -0.482. The molecule has 2 N–H and O–H groups in total. The molecule has 0 saturated heterocycles. The number of sulfonamides is 1. The summed E-state index contributed by atoms with van der Waals surface area (Å²) >= 11 is 0. The van der Waals surface area contributed by atoms with Gasteiger partial charge in [0.1, 0.15) is 11.6 Å². The summed E-state index contributed by atoms with van der Waals surface area (Å²) in [4.78, 5) is 12.0. The number of nitrogens with one attached hydrogen (secondary N) is 2. The molecule has 2 aromatic carbocycles. The molecule has 3 rings (SSSR count). The Labute approximate surface area is 138 Å². The number of amides is 1. The van der Waals surface area contributed by atoms with Crippen LogP contribution in [0.4, 0.5) is 10.1 Å². The Morgan fingerprint density at radius 3 is 2.75 bits per heavy atom. The van der Waals surface area contributed by atoms with E-state index in [1.165, 1.54) is 13.0 Å². The van der Waals surface area contributed by atoms with Gasteiger partial charge in [-0.1, -0.05) is 12.1 Å². The van der Waals surface area contributed by atoms with Crippen LogP contribution in [0.5, 0.6) is 5.75 Å². The first-order valence-electron chi connectivity index (χ1n) is 7.19. The van der Waals surface area contributed by atoms with E-state index in [1.807, 2.05) is 0 Å². The highest BCUT2D eigenvalue weighted by Crippen LogP contribution is 2.28. The summed E-state index contributed by atoms with van der Waals surface area (Å²) in [5.41, 5.74) is 0.817. The van der Waals surface area contributed by atoms with Gasteiger partial charge in [0.15, 0.2) is 6.10 Å². The van der Waals surface area contributed by atoms with Gasteiger partial charge >= 0.3 is 0 Å². The van der Waals surface area contributed by atoms with Crippen molar-refractivity contribution in [2.45, 2.75) is 17.9 Å². The van der Waals surface area contributed by atoms with Crippen LogP contribution in [0.3, 0.4) is 0 Å². The van der Waals surface area contributed by atoms with Crippen LogP contribution in [-0.2, 0) is 14.8 Å². The number of hydrogen-bond acceptors (Lipinski definition) is 4. The van der Waals surface area contributed by atoms with Crippen molar-refractivity contribution in [1.29, 1.82) is 0 Å². The Hall–Kier alpha value is -2.45. The molecule has 1 aliphatic rings. The summed E-state index contributed by atoms with van der Waals surface area (Å²) in [7, 11) is -3.88. The minimum Gasteiger partial charge on any atom is -0.477 e. The van der Waals surface area contributed by atoms with Crippen LogP contribution >= 0.6 is 0 Å². The number of aryl methyl sites for hydroxylation is 1. The maximum Gasteiger partial charge on any atom is 0.266 e. The van der Waals surface area contributed by atoms with Crippen molar-refractivity contribution >= 4 is 21.6 Å². The van der Waals surface area contributed by atoms with Crippen LogP contribution in [-0.4, -0.2) is 27.0 Å². The van der Waals surface area contributed by atoms with E-state index in [2.05, 4.69) is 10.0 Å². The number of rotatable bonds is 4. The SMILES string of the molecule is Cc1cc(F)ccc1S(=O)(=O)NCC1Oc2ccccc2NC1=O. The average Bonchev–Trinajstić information content (AvgIpc) is 2.52. The maximum absolute atomic E-state index is 13.1. The Balaban J connectivity index is 1.74. The second-order valence-electron chi connectivity index (χ2n) is 5.35. The number of ether oxygens (including phenoxy) is 1. The van der Waals surface area contributed by atoms with Crippen molar-refractivity contribution in [3.63, 3.8) is 0 Å². The second-order valence-corrected chi connectivity index (χ2v) is 7.09. The molecule has 6 nitrogen and oxygen atoms in total. The molecular formula is C16H15FN2O4S. The molecule has 0 spiro atoms. The van der Waals surface area contributed by atoms with Crippen LogP contribution in [0.25, 0.3) is 0 Å². The highest BCUT2D eigenvalue weighted by Gasteiger charge is 2.29. The third-order valence-corrected chi connectivity index (χ3v) is 5.18. The molecule has 0 bridgehead atoms. The number of anilines is 1. The van der Waals surface area contributed by atoms with Gasteiger partial charge in [0.05, 0.1) is 17.1 Å². The summed E-state index contributed by atoms with van der Waals surface area (Å²) < 4.78 is 45.6. The zero-order valence-electron chi connectivity index (χ0n) is 12.7. The van der Waals surface area contributed by atoms with Crippen LogP contribution in [0.15, 0.2) is 47.4 Å². The highest BCUT2D eigenvalue weighted by molar-refractivity contribution is 7.89. The van der Waals surface area contributed by atoms with E-state index in [9.17, 15) is 17.6 Å². The average molecular weight is 350 g/mol. The molecule has 1 heterocycles.